The number of aromatic amines is 1. The van der Waals surface area contributed by atoms with Crippen LogP contribution in [-0.4, -0.2) is 24.6 Å². The third-order valence-corrected chi connectivity index (χ3v) is 3.38. The van der Waals surface area contributed by atoms with E-state index in [1.165, 1.54) is 0 Å². The molecule has 4 aromatic rings. The Morgan fingerprint density at radius 1 is 1.11 bits per heavy atom. The Bertz CT molecular complexity index is 892. The highest BCUT2D eigenvalue weighted by Gasteiger charge is 2.13. The van der Waals surface area contributed by atoms with Crippen molar-refractivity contribution in [2.45, 2.75) is 0 Å². The minimum Gasteiger partial charge on any atom is -0.361 e. The van der Waals surface area contributed by atoms with Crippen LogP contribution in [0.4, 0.5) is 0 Å². The normalized spacial score (nSPS) is 11.4. The average Bonchev–Trinajstić information content (AvgIpc) is 3.05. The summed E-state index contributed by atoms with van der Waals surface area (Å²) in [6.07, 6.45) is 3.52. The second-order valence-corrected chi connectivity index (χ2v) is 4.51. The van der Waals surface area contributed by atoms with Gasteiger partial charge in [0.25, 0.3) is 0 Å². The van der Waals surface area contributed by atoms with Gasteiger partial charge in [-0.25, -0.2) is 9.38 Å². The fraction of sp³-hybridized carbons (Fsp3) is 0. The van der Waals surface area contributed by atoms with E-state index < -0.39 is 0 Å². The summed E-state index contributed by atoms with van der Waals surface area (Å²) in [6, 6.07) is 9.77. The standard InChI is InChI=1S/C13H8ClN5/c14-13-16-7-5-11-17-18-12(19(11)13)9-2-1-3-10-8(9)4-6-15-10/h1-7,15H. The summed E-state index contributed by atoms with van der Waals surface area (Å²) in [5.41, 5.74) is 2.71. The Morgan fingerprint density at radius 2 is 2.05 bits per heavy atom. The monoisotopic (exact) mass is 269 g/mol. The molecular weight excluding hydrogens is 262 g/mol. The third kappa shape index (κ3) is 1.45. The molecular formula is C13H8ClN5. The third-order valence-electron chi connectivity index (χ3n) is 3.11. The van der Waals surface area contributed by atoms with Crippen molar-refractivity contribution in [1.82, 2.24) is 24.6 Å². The van der Waals surface area contributed by atoms with Gasteiger partial charge in [0.15, 0.2) is 11.5 Å². The molecule has 0 aliphatic rings. The molecule has 3 heterocycles. The molecule has 1 N–H and O–H groups in total. The van der Waals surface area contributed by atoms with E-state index in [1.807, 2.05) is 30.5 Å². The maximum absolute atomic E-state index is 6.14. The topological polar surface area (TPSA) is 58.9 Å². The number of rotatable bonds is 1. The Kier molecular flexibility index (Phi) is 2.10. The largest absolute Gasteiger partial charge is 0.361 e. The van der Waals surface area contributed by atoms with Gasteiger partial charge in [-0.1, -0.05) is 12.1 Å². The van der Waals surface area contributed by atoms with Gasteiger partial charge in [0.2, 0.25) is 5.28 Å². The van der Waals surface area contributed by atoms with Crippen LogP contribution < -0.4 is 0 Å². The first-order valence-corrected chi connectivity index (χ1v) is 6.14. The zero-order valence-electron chi connectivity index (χ0n) is 9.71. The number of fused-ring (bicyclic) bond motifs is 2. The Morgan fingerprint density at radius 3 is 3.00 bits per heavy atom. The van der Waals surface area contributed by atoms with E-state index >= 15 is 0 Å². The van der Waals surface area contributed by atoms with Gasteiger partial charge in [0, 0.05) is 34.9 Å². The lowest BCUT2D eigenvalue weighted by molar-refractivity contribution is 1.08. The lowest BCUT2D eigenvalue weighted by atomic mass is 10.1. The number of H-pyrrole nitrogens is 1. The second-order valence-electron chi connectivity index (χ2n) is 4.18. The SMILES string of the molecule is Clc1nccc2nnc(-c3cccc4[nH]ccc34)n12. The van der Waals surface area contributed by atoms with E-state index in [4.69, 9.17) is 11.6 Å². The summed E-state index contributed by atoms with van der Waals surface area (Å²) in [5, 5.41) is 9.79. The van der Waals surface area contributed by atoms with Gasteiger partial charge in [-0.15, -0.1) is 10.2 Å². The summed E-state index contributed by atoms with van der Waals surface area (Å²) in [6.45, 7) is 0. The number of aromatic nitrogens is 5. The molecule has 0 unspecified atom stereocenters. The molecule has 1 aromatic carbocycles. The highest BCUT2D eigenvalue weighted by molar-refractivity contribution is 6.28. The molecule has 0 saturated heterocycles. The van der Waals surface area contributed by atoms with Crippen LogP contribution in [0.15, 0.2) is 42.7 Å². The minimum atomic E-state index is 0.352. The van der Waals surface area contributed by atoms with E-state index in [9.17, 15) is 0 Å². The lowest BCUT2D eigenvalue weighted by Crippen LogP contribution is -1.93. The van der Waals surface area contributed by atoms with Crippen molar-refractivity contribution in [3.8, 4) is 11.4 Å². The van der Waals surface area contributed by atoms with Gasteiger partial charge in [-0.3, -0.25) is 0 Å². The number of halogens is 1. The predicted molar refractivity (Wildman–Crippen MR) is 73.1 cm³/mol. The van der Waals surface area contributed by atoms with Gasteiger partial charge in [0.1, 0.15) is 0 Å². The van der Waals surface area contributed by atoms with Crippen LogP contribution in [0.2, 0.25) is 5.28 Å². The van der Waals surface area contributed by atoms with E-state index in [2.05, 4.69) is 20.2 Å². The summed E-state index contributed by atoms with van der Waals surface area (Å²) in [5.74, 6) is 0.693. The van der Waals surface area contributed by atoms with Crippen LogP contribution in [0.3, 0.4) is 0 Å². The summed E-state index contributed by atoms with van der Waals surface area (Å²) < 4.78 is 1.74. The van der Waals surface area contributed by atoms with Crippen molar-refractivity contribution in [3.63, 3.8) is 0 Å². The van der Waals surface area contributed by atoms with Gasteiger partial charge in [-0.05, 0) is 23.7 Å². The smallest absolute Gasteiger partial charge is 0.210 e. The van der Waals surface area contributed by atoms with Crippen molar-refractivity contribution in [3.05, 3.63) is 48.0 Å². The van der Waals surface area contributed by atoms with Crippen LogP contribution in [0.1, 0.15) is 0 Å². The van der Waals surface area contributed by atoms with Crippen LogP contribution in [0, 0.1) is 0 Å². The summed E-state index contributed by atoms with van der Waals surface area (Å²) in [4.78, 5) is 7.25. The Balaban J connectivity index is 2.13. The maximum Gasteiger partial charge on any atom is 0.210 e. The Hall–Kier alpha value is -2.40. The van der Waals surface area contributed by atoms with Crippen LogP contribution in [-0.2, 0) is 0 Å². The predicted octanol–water partition coefficient (Wildman–Crippen LogP) is 2.93. The first kappa shape index (κ1) is 10.5. The second kappa shape index (κ2) is 3.80. The minimum absolute atomic E-state index is 0.352. The van der Waals surface area contributed by atoms with E-state index in [-0.39, 0.29) is 0 Å². The Labute approximate surface area is 112 Å². The van der Waals surface area contributed by atoms with Gasteiger partial charge < -0.3 is 4.98 Å². The van der Waals surface area contributed by atoms with Crippen molar-refractivity contribution in [2.75, 3.05) is 0 Å². The summed E-state index contributed by atoms with van der Waals surface area (Å²) >= 11 is 6.14. The fourth-order valence-electron chi connectivity index (χ4n) is 2.26. The average molecular weight is 270 g/mol. The molecule has 0 saturated carbocycles. The lowest BCUT2D eigenvalue weighted by Gasteiger charge is -2.03. The van der Waals surface area contributed by atoms with E-state index in [1.54, 1.807) is 16.7 Å². The highest BCUT2D eigenvalue weighted by atomic mass is 35.5. The van der Waals surface area contributed by atoms with Gasteiger partial charge in [0.05, 0.1) is 0 Å². The van der Waals surface area contributed by atoms with Crippen molar-refractivity contribution in [2.24, 2.45) is 0 Å². The van der Waals surface area contributed by atoms with E-state index in [0.29, 0.717) is 16.8 Å². The first-order valence-electron chi connectivity index (χ1n) is 5.77. The molecule has 19 heavy (non-hydrogen) atoms. The molecule has 5 nitrogen and oxygen atoms in total. The zero-order chi connectivity index (χ0) is 12.8. The zero-order valence-corrected chi connectivity index (χ0v) is 10.5. The van der Waals surface area contributed by atoms with E-state index in [0.717, 1.165) is 16.5 Å². The first-order chi connectivity index (χ1) is 9.34. The number of nitrogens with one attached hydrogen (secondary N) is 1. The number of benzene rings is 1. The number of hydrogen-bond donors (Lipinski definition) is 1. The number of hydrogen-bond acceptors (Lipinski definition) is 3. The van der Waals surface area contributed by atoms with Crippen LogP contribution >= 0.6 is 11.6 Å². The van der Waals surface area contributed by atoms with Gasteiger partial charge >= 0.3 is 0 Å². The molecule has 0 radical (unpaired) electrons. The molecule has 92 valence electrons. The fourth-order valence-corrected chi connectivity index (χ4v) is 2.49. The molecule has 0 atom stereocenters. The van der Waals surface area contributed by atoms with Crippen molar-refractivity contribution in [1.29, 1.82) is 0 Å². The maximum atomic E-state index is 6.14. The highest BCUT2D eigenvalue weighted by Crippen LogP contribution is 2.28. The molecule has 0 amide bonds. The molecule has 0 bridgehead atoms. The quantitative estimate of drug-likeness (QED) is 0.541. The summed E-state index contributed by atoms with van der Waals surface area (Å²) in [7, 11) is 0. The molecule has 4 rings (SSSR count). The molecule has 0 fully saturated rings. The molecule has 6 heteroatoms. The molecule has 0 spiro atoms. The van der Waals surface area contributed by atoms with Crippen LogP contribution in [0.5, 0.6) is 0 Å². The number of nitrogens with zero attached hydrogens (tertiary/aromatic N) is 4. The van der Waals surface area contributed by atoms with Gasteiger partial charge in [-0.2, -0.15) is 0 Å². The molecule has 3 aromatic heterocycles. The molecule has 0 aliphatic carbocycles. The van der Waals surface area contributed by atoms with Crippen molar-refractivity contribution >= 4 is 28.2 Å². The van der Waals surface area contributed by atoms with Crippen molar-refractivity contribution < 1.29 is 0 Å². The molecule has 0 aliphatic heterocycles. The van der Waals surface area contributed by atoms with Crippen LogP contribution in [0.25, 0.3) is 27.9 Å².